The first-order valence-corrected chi connectivity index (χ1v) is 12.6. The number of hydrogen-bond acceptors (Lipinski definition) is 8. The van der Waals surface area contributed by atoms with Gasteiger partial charge in [0.25, 0.3) is 0 Å². The summed E-state index contributed by atoms with van der Waals surface area (Å²) in [4.78, 5) is 22.8. The molecule has 0 aliphatic carbocycles. The van der Waals surface area contributed by atoms with E-state index in [9.17, 15) is 4.79 Å². The minimum Gasteiger partial charge on any atom is -0.497 e. The molecule has 1 aliphatic rings. The fraction of sp³-hybridized carbons (Fsp3) is 0.345. The molecule has 0 amide bonds. The third-order valence-electron chi connectivity index (χ3n) is 6.83. The number of likely N-dealkylation sites (tertiary alicyclic amines) is 1. The molecule has 1 aliphatic heterocycles. The first-order chi connectivity index (χ1) is 18.2. The number of furan rings is 1. The number of esters is 1. The van der Waals surface area contributed by atoms with Crippen LogP contribution in [0.4, 0.5) is 0 Å². The molecule has 0 saturated carbocycles. The fourth-order valence-corrected chi connectivity index (χ4v) is 4.92. The summed E-state index contributed by atoms with van der Waals surface area (Å²) in [6.45, 7) is 2.33. The third-order valence-corrected chi connectivity index (χ3v) is 6.83. The van der Waals surface area contributed by atoms with Crippen molar-refractivity contribution in [1.29, 1.82) is 0 Å². The van der Waals surface area contributed by atoms with Crippen LogP contribution in [0.25, 0.3) is 33.6 Å². The molecule has 37 heavy (non-hydrogen) atoms. The second-order valence-corrected chi connectivity index (χ2v) is 9.08. The number of carbonyl (C=O) groups excluding carboxylic acids is 1. The number of fused-ring (bicyclic) bond motifs is 1. The van der Waals surface area contributed by atoms with Crippen LogP contribution in [0.5, 0.6) is 11.6 Å². The molecule has 4 aromatic rings. The molecule has 0 unspecified atom stereocenters. The minimum atomic E-state index is -0.171. The Bertz CT molecular complexity index is 1340. The van der Waals surface area contributed by atoms with Gasteiger partial charge in [-0.1, -0.05) is 42.5 Å². The molecule has 1 fully saturated rings. The summed E-state index contributed by atoms with van der Waals surface area (Å²) >= 11 is 0. The molecule has 0 radical (unpaired) electrons. The second kappa shape index (κ2) is 11.4. The standard InChI is InChI=1S/C29H31N3O5/c1-34-23-14-12-20(13-15-23)25-26-28(30-19-31-29(26)37-27(25)21-8-4-3-5-9-21)36-18-22-10-6-16-32(22)17-7-11-24(33)35-2/h3-5,8-9,12-15,19,22H,6-7,10-11,16-18H2,1-2H3/t22-/m0/s1. The van der Waals surface area contributed by atoms with Crippen molar-refractivity contribution in [1.82, 2.24) is 14.9 Å². The maximum absolute atomic E-state index is 11.5. The summed E-state index contributed by atoms with van der Waals surface area (Å²) < 4.78 is 22.8. The van der Waals surface area contributed by atoms with Crippen LogP contribution in [0, 0.1) is 0 Å². The van der Waals surface area contributed by atoms with Gasteiger partial charge in [0.1, 0.15) is 29.8 Å². The highest BCUT2D eigenvalue weighted by Gasteiger charge is 2.27. The van der Waals surface area contributed by atoms with E-state index in [4.69, 9.17) is 18.6 Å². The van der Waals surface area contributed by atoms with Gasteiger partial charge >= 0.3 is 5.97 Å². The molecule has 1 atom stereocenters. The van der Waals surface area contributed by atoms with E-state index in [-0.39, 0.29) is 12.0 Å². The van der Waals surface area contributed by atoms with Crippen molar-refractivity contribution in [3.8, 4) is 34.1 Å². The fourth-order valence-electron chi connectivity index (χ4n) is 4.92. The number of nitrogens with zero attached hydrogens (tertiary/aromatic N) is 3. The van der Waals surface area contributed by atoms with E-state index in [1.165, 1.54) is 13.4 Å². The van der Waals surface area contributed by atoms with Crippen LogP contribution >= 0.6 is 0 Å². The zero-order valence-corrected chi connectivity index (χ0v) is 21.2. The maximum atomic E-state index is 11.5. The van der Waals surface area contributed by atoms with Gasteiger partial charge in [-0.2, -0.15) is 0 Å². The quantitative estimate of drug-likeness (QED) is 0.268. The Hall–Kier alpha value is -3.91. The normalized spacial score (nSPS) is 15.7. The molecule has 2 aromatic heterocycles. The maximum Gasteiger partial charge on any atom is 0.305 e. The van der Waals surface area contributed by atoms with Crippen LogP contribution in [-0.4, -0.2) is 60.8 Å². The molecule has 8 nitrogen and oxygen atoms in total. The Morgan fingerprint density at radius 2 is 1.86 bits per heavy atom. The van der Waals surface area contributed by atoms with Gasteiger partial charge in [-0.15, -0.1) is 0 Å². The van der Waals surface area contributed by atoms with Gasteiger partial charge in [0.05, 0.1) is 14.2 Å². The van der Waals surface area contributed by atoms with Gasteiger partial charge in [0.2, 0.25) is 11.6 Å². The summed E-state index contributed by atoms with van der Waals surface area (Å²) in [6.07, 6.45) is 4.82. The highest BCUT2D eigenvalue weighted by molar-refractivity contribution is 6.03. The number of aromatic nitrogens is 2. The van der Waals surface area contributed by atoms with Crippen LogP contribution in [0.15, 0.2) is 65.3 Å². The van der Waals surface area contributed by atoms with Crippen molar-refractivity contribution in [2.75, 3.05) is 33.9 Å². The summed E-state index contributed by atoms with van der Waals surface area (Å²) in [5.74, 6) is 1.83. The summed E-state index contributed by atoms with van der Waals surface area (Å²) in [6, 6.07) is 18.1. The number of rotatable bonds is 10. The molecule has 1 saturated heterocycles. The lowest BCUT2D eigenvalue weighted by Gasteiger charge is -2.24. The number of ether oxygens (including phenoxy) is 3. The van der Waals surface area contributed by atoms with E-state index in [1.54, 1.807) is 7.11 Å². The topological polar surface area (TPSA) is 86.9 Å². The van der Waals surface area contributed by atoms with Gasteiger partial charge < -0.3 is 18.6 Å². The Kier molecular flexibility index (Phi) is 7.65. The van der Waals surface area contributed by atoms with Gasteiger partial charge in [-0.3, -0.25) is 9.69 Å². The number of benzene rings is 2. The largest absolute Gasteiger partial charge is 0.497 e. The Morgan fingerprint density at radius 1 is 1.05 bits per heavy atom. The molecule has 3 heterocycles. The van der Waals surface area contributed by atoms with Crippen molar-refractivity contribution in [2.45, 2.75) is 31.7 Å². The Morgan fingerprint density at radius 3 is 2.62 bits per heavy atom. The highest BCUT2D eigenvalue weighted by Crippen LogP contribution is 2.43. The predicted octanol–water partition coefficient (Wildman–Crippen LogP) is 5.36. The van der Waals surface area contributed by atoms with E-state index in [2.05, 4.69) is 14.9 Å². The van der Waals surface area contributed by atoms with Crippen molar-refractivity contribution in [3.05, 3.63) is 60.9 Å². The van der Waals surface area contributed by atoms with E-state index in [1.807, 2.05) is 54.6 Å². The summed E-state index contributed by atoms with van der Waals surface area (Å²) in [7, 11) is 3.08. The Balaban J connectivity index is 1.45. The molecule has 0 bridgehead atoms. The zero-order chi connectivity index (χ0) is 25.6. The monoisotopic (exact) mass is 501 g/mol. The van der Waals surface area contributed by atoms with Crippen LogP contribution in [0.1, 0.15) is 25.7 Å². The second-order valence-electron chi connectivity index (χ2n) is 9.08. The molecule has 0 N–H and O–H groups in total. The molecular weight excluding hydrogens is 470 g/mol. The number of hydrogen-bond donors (Lipinski definition) is 0. The lowest BCUT2D eigenvalue weighted by atomic mass is 9.99. The number of methoxy groups -OCH3 is 2. The van der Waals surface area contributed by atoms with Crippen LogP contribution in [-0.2, 0) is 9.53 Å². The van der Waals surface area contributed by atoms with Crippen molar-refractivity contribution >= 4 is 17.1 Å². The van der Waals surface area contributed by atoms with Gasteiger partial charge in [0.15, 0.2) is 0 Å². The first-order valence-electron chi connectivity index (χ1n) is 12.6. The molecular formula is C29H31N3O5. The SMILES string of the molecule is COC(=O)CCCN1CCC[C@H]1COc1ncnc2oc(-c3ccccc3)c(-c3ccc(OC)cc3)c12. The van der Waals surface area contributed by atoms with Gasteiger partial charge in [-0.25, -0.2) is 9.97 Å². The van der Waals surface area contributed by atoms with E-state index in [0.717, 1.165) is 65.9 Å². The highest BCUT2D eigenvalue weighted by atomic mass is 16.5. The summed E-state index contributed by atoms with van der Waals surface area (Å²) in [5.41, 5.74) is 3.28. The Labute approximate surface area is 216 Å². The van der Waals surface area contributed by atoms with Gasteiger partial charge in [-0.05, 0) is 50.0 Å². The predicted molar refractivity (Wildman–Crippen MR) is 141 cm³/mol. The van der Waals surface area contributed by atoms with Gasteiger partial charge in [0, 0.05) is 23.6 Å². The minimum absolute atomic E-state index is 0.171. The van der Waals surface area contributed by atoms with Crippen LogP contribution < -0.4 is 9.47 Å². The average Bonchev–Trinajstić information content (AvgIpc) is 3.57. The van der Waals surface area contributed by atoms with Crippen LogP contribution in [0.2, 0.25) is 0 Å². The summed E-state index contributed by atoms with van der Waals surface area (Å²) in [5, 5.41) is 0.752. The van der Waals surface area contributed by atoms with Crippen molar-refractivity contribution in [3.63, 3.8) is 0 Å². The lowest BCUT2D eigenvalue weighted by Crippen LogP contribution is -2.35. The molecule has 2 aromatic carbocycles. The first kappa shape index (κ1) is 24.8. The third kappa shape index (κ3) is 5.44. The van der Waals surface area contributed by atoms with Crippen molar-refractivity contribution in [2.24, 2.45) is 0 Å². The van der Waals surface area contributed by atoms with E-state index < -0.39 is 0 Å². The van der Waals surface area contributed by atoms with Crippen LogP contribution in [0.3, 0.4) is 0 Å². The molecule has 8 heteroatoms. The molecule has 5 rings (SSSR count). The van der Waals surface area contributed by atoms with E-state index >= 15 is 0 Å². The van der Waals surface area contributed by atoms with E-state index in [0.29, 0.717) is 24.6 Å². The number of carbonyl (C=O) groups is 1. The smallest absolute Gasteiger partial charge is 0.305 e. The van der Waals surface area contributed by atoms with Crippen molar-refractivity contribution < 1.29 is 23.4 Å². The lowest BCUT2D eigenvalue weighted by molar-refractivity contribution is -0.140. The zero-order valence-electron chi connectivity index (χ0n) is 21.2. The average molecular weight is 502 g/mol. The molecule has 192 valence electrons. The molecule has 0 spiro atoms.